The van der Waals surface area contributed by atoms with E-state index in [1.807, 2.05) is 6.08 Å². The summed E-state index contributed by atoms with van der Waals surface area (Å²) >= 11 is 0. The number of phosphoric acid groups is 3. The largest absolute Gasteiger partial charge is 0.472 e. The van der Waals surface area contributed by atoms with Gasteiger partial charge in [-0.25, -0.2) is 38.6 Å². The van der Waals surface area contributed by atoms with Crippen LogP contribution in [0.3, 0.4) is 0 Å². The molecular formula is C38H53N12O20P3. The number of aromatic amines is 2. The topological polar surface area (TPSA) is 450 Å². The van der Waals surface area contributed by atoms with Gasteiger partial charge in [-0.1, -0.05) is 6.08 Å². The Labute approximate surface area is 411 Å². The van der Waals surface area contributed by atoms with Crippen molar-refractivity contribution < 1.29 is 84.7 Å². The maximum absolute atomic E-state index is 13.8. The number of ether oxygens (including phenoxy) is 4. The first kappa shape index (κ1) is 54.5. The van der Waals surface area contributed by atoms with Crippen LogP contribution in [-0.2, 0) is 66.2 Å². The number of nitrogens with one attached hydrogen (secondary N) is 2. The van der Waals surface area contributed by atoms with Gasteiger partial charge in [0.15, 0.2) is 34.8 Å². The quantitative estimate of drug-likeness (QED) is 0.0272. The van der Waals surface area contributed by atoms with Gasteiger partial charge in [-0.2, -0.15) is 4.98 Å². The number of allylic oxidation sites excluding steroid dienone is 2. The monoisotopic (exact) mass is 1090 g/mol. The molecule has 3 aliphatic rings. The van der Waals surface area contributed by atoms with Gasteiger partial charge in [-0.3, -0.25) is 50.8 Å². The predicted molar refractivity (Wildman–Crippen MR) is 248 cm³/mol. The lowest BCUT2D eigenvalue weighted by Gasteiger charge is -2.26. The van der Waals surface area contributed by atoms with Gasteiger partial charge >= 0.3 is 23.5 Å². The summed E-state index contributed by atoms with van der Waals surface area (Å²) in [5, 5.41) is 19.5. The van der Waals surface area contributed by atoms with E-state index in [0.29, 0.717) is 17.7 Å². The first-order valence-electron chi connectivity index (χ1n) is 22.2. The molecule has 0 bridgehead atoms. The number of hydrogen-bond donors (Lipinski definition) is 9. The average molecular weight is 1090 g/mol. The zero-order valence-electron chi connectivity index (χ0n) is 39.0. The number of H-pyrrole nitrogens is 2. The van der Waals surface area contributed by atoms with E-state index in [4.69, 9.17) is 57.6 Å². The first-order chi connectivity index (χ1) is 34.8. The molecule has 8 rings (SSSR count). The third-order valence-corrected chi connectivity index (χ3v) is 14.9. The molecule has 35 heteroatoms. The molecule has 32 nitrogen and oxygen atoms in total. The smallest absolute Gasteiger partial charge is 0.396 e. The molecule has 1 aliphatic carbocycles. The molecule has 73 heavy (non-hydrogen) atoms. The number of rotatable bonds is 25. The molecule has 0 aromatic carbocycles. The summed E-state index contributed by atoms with van der Waals surface area (Å²) in [4.78, 5) is 87.9. The first-order valence-corrected chi connectivity index (χ1v) is 26.7. The summed E-state index contributed by atoms with van der Waals surface area (Å²) in [6.07, 6.45) is -4.65. The molecule has 5 aromatic rings. The number of fused-ring (bicyclic) bond motifs is 3. The van der Waals surface area contributed by atoms with E-state index < -0.39 is 116 Å². The average Bonchev–Trinajstić information content (AvgIpc) is 4.17. The molecule has 0 amide bonds. The van der Waals surface area contributed by atoms with E-state index >= 15 is 0 Å². The lowest BCUT2D eigenvalue weighted by molar-refractivity contribution is -0.0587. The molecule has 7 heterocycles. The highest BCUT2D eigenvalue weighted by Gasteiger charge is 2.52. The number of nitrogens with two attached hydrogens (primary N) is 2. The minimum atomic E-state index is -5.15. The third kappa shape index (κ3) is 12.2. The van der Waals surface area contributed by atoms with E-state index in [1.54, 1.807) is 0 Å². The van der Waals surface area contributed by atoms with Crippen LogP contribution in [0.15, 0.2) is 34.6 Å². The zero-order chi connectivity index (χ0) is 52.4. The Morgan fingerprint density at radius 1 is 0.781 bits per heavy atom. The molecule has 2 fully saturated rings. The minimum absolute atomic E-state index is 0.0194. The number of aryl methyl sites for hydroxylation is 1. The van der Waals surface area contributed by atoms with Crippen molar-refractivity contribution in [2.24, 2.45) is 5.92 Å². The van der Waals surface area contributed by atoms with Crippen molar-refractivity contribution in [3.63, 3.8) is 0 Å². The standard InChI is InChI=1S/C38H53N12O20P3/c1-18-45-32-25(34(53)46-18)43-16-49(32)37-30(62-3)28(70-72(57,58)63-10-4-9-51)23(68-37)14-66-71(55,56)64-12-19(5-6-20-7-8-21-24(20)41-15-42-31(21)39)13-65-73(59,60)69-27-22(11-52)67-36(29(27)61-2)50-17-44-26-33(50)47-38(40)48-35(26)54/h7,15-17,19,22-23,27-30,36-37,51-52H,4-6,8-14H2,1-3H3,(H,55,56)(H,57,58)(H,59,60)(H2,39,41,42)(H,45,46,53)(H3,40,47,48,54)/t19?,22-,23-,27?,28?,29+,30+,36-,37-/m1/s1. The van der Waals surface area contributed by atoms with Crippen molar-refractivity contribution in [2.45, 2.75) is 81.7 Å². The number of aliphatic hydroxyl groups excluding tert-OH is 2. The number of methoxy groups -OCH3 is 2. The van der Waals surface area contributed by atoms with Crippen molar-refractivity contribution in [2.75, 3.05) is 65.3 Å². The fraction of sp³-hybridized carbons (Fsp3) is 0.579. The number of phosphoric ester groups is 3. The van der Waals surface area contributed by atoms with Crippen molar-refractivity contribution in [1.29, 1.82) is 0 Å². The second-order valence-corrected chi connectivity index (χ2v) is 21.0. The maximum Gasteiger partial charge on any atom is 0.472 e. The predicted octanol–water partition coefficient (Wildman–Crippen LogP) is -0.111. The lowest BCUT2D eigenvalue weighted by Crippen LogP contribution is -2.37. The highest BCUT2D eigenvalue weighted by atomic mass is 31.2. The summed E-state index contributed by atoms with van der Waals surface area (Å²) in [6.45, 7) is -2.13. The number of hydrogen-bond acceptors (Lipinski definition) is 25. The number of anilines is 2. The Bertz CT molecular complexity index is 3080. The minimum Gasteiger partial charge on any atom is -0.396 e. The van der Waals surface area contributed by atoms with Gasteiger partial charge < -0.3 is 60.3 Å². The van der Waals surface area contributed by atoms with Crippen molar-refractivity contribution in [1.82, 2.24) is 49.0 Å². The van der Waals surface area contributed by atoms with Gasteiger partial charge in [0.2, 0.25) is 5.95 Å². The molecule has 6 unspecified atom stereocenters. The van der Waals surface area contributed by atoms with Crippen LogP contribution in [0.1, 0.15) is 48.8 Å². The van der Waals surface area contributed by atoms with Crippen LogP contribution in [0.25, 0.3) is 27.9 Å². The molecule has 2 aliphatic heterocycles. The molecule has 0 radical (unpaired) electrons. The van der Waals surface area contributed by atoms with Crippen LogP contribution in [-0.4, -0.2) is 164 Å². The van der Waals surface area contributed by atoms with Gasteiger partial charge in [-0.15, -0.1) is 0 Å². The molecule has 0 spiro atoms. The van der Waals surface area contributed by atoms with Gasteiger partial charge in [0, 0.05) is 32.3 Å². The molecule has 0 saturated carbocycles. The molecular weight excluding hydrogens is 1040 g/mol. The Morgan fingerprint density at radius 2 is 1.37 bits per heavy atom. The van der Waals surface area contributed by atoms with Gasteiger partial charge in [-0.05, 0) is 38.2 Å². The lowest BCUT2D eigenvalue weighted by atomic mass is 10.00. The molecule has 5 aromatic heterocycles. The summed E-state index contributed by atoms with van der Waals surface area (Å²) in [5.74, 6) is -0.720. The SMILES string of the molecule is CO[C@H]1C(OP(=O)(O)OCCCO)[C@@H](COP(=O)(O)OCC(CCC2=CCc3c(N)ncnc32)COP(=O)(O)OC2[C@@H](CO)O[C@@H](n3cnc4c(=O)[nH]c(N)nc43)[C@H]2OC)O[C@H]1n1cnc2c(=O)[nH]c(C)nc21. The summed E-state index contributed by atoms with van der Waals surface area (Å²) < 4.78 is 98.9. The fourth-order valence-corrected chi connectivity index (χ4v) is 11.3. The Balaban J connectivity index is 0.980. The Kier molecular flexibility index (Phi) is 16.9. The van der Waals surface area contributed by atoms with E-state index in [-0.39, 0.29) is 72.4 Å². The van der Waals surface area contributed by atoms with Crippen LogP contribution in [0.5, 0.6) is 0 Å². The van der Waals surface area contributed by atoms with E-state index in [1.165, 1.54) is 49.3 Å². The van der Waals surface area contributed by atoms with Crippen LogP contribution in [0.4, 0.5) is 11.8 Å². The van der Waals surface area contributed by atoms with Crippen molar-refractivity contribution in [3.8, 4) is 0 Å². The Hall–Kier alpha value is -4.79. The number of aromatic nitrogens is 10. The normalized spacial score (nSPS) is 25.9. The maximum atomic E-state index is 13.8. The van der Waals surface area contributed by atoms with E-state index in [0.717, 1.165) is 5.57 Å². The van der Waals surface area contributed by atoms with Gasteiger partial charge in [0.1, 0.15) is 54.6 Å². The van der Waals surface area contributed by atoms with Crippen LogP contribution < -0.4 is 22.6 Å². The fourth-order valence-electron chi connectivity index (χ4n) is 8.49. The molecule has 12 atom stereocenters. The van der Waals surface area contributed by atoms with Crippen molar-refractivity contribution in [3.05, 3.63) is 62.8 Å². The summed E-state index contributed by atoms with van der Waals surface area (Å²) in [5.41, 5.74) is 12.4. The van der Waals surface area contributed by atoms with Crippen LogP contribution >= 0.6 is 23.5 Å². The van der Waals surface area contributed by atoms with E-state index in [9.17, 15) is 48.2 Å². The number of nitrogen functional groups attached to an aromatic ring is 2. The van der Waals surface area contributed by atoms with Crippen molar-refractivity contribution >= 4 is 63.1 Å². The highest BCUT2D eigenvalue weighted by Crippen LogP contribution is 2.52. The van der Waals surface area contributed by atoms with Gasteiger partial charge in [0.05, 0.1) is 51.4 Å². The summed E-state index contributed by atoms with van der Waals surface area (Å²) in [7, 11) is -12.8. The van der Waals surface area contributed by atoms with Crippen LogP contribution in [0, 0.1) is 12.8 Å². The third-order valence-electron chi connectivity index (χ3n) is 11.9. The summed E-state index contributed by atoms with van der Waals surface area (Å²) in [6, 6.07) is 0. The highest BCUT2D eigenvalue weighted by molar-refractivity contribution is 7.48. The Morgan fingerprint density at radius 3 is 2.00 bits per heavy atom. The number of nitrogens with zero attached hydrogens (tertiary/aromatic N) is 8. The van der Waals surface area contributed by atoms with Gasteiger partial charge in [0.25, 0.3) is 11.1 Å². The number of imidazole rings is 2. The molecule has 11 N–H and O–H groups in total. The van der Waals surface area contributed by atoms with E-state index in [2.05, 4.69) is 39.9 Å². The molecule has 400 valence electrons. The second kappa shape index (κ2) is 22.6. The number of aliphatic hydroxyl groups is 2. The van der Waals surface area contributed by atoms with Crippen LogP contribution in [0.2, 0.25) is 0 Å². The molecule has 2 saturated heterocycles. The second-order valence-electron chi connectivity index (χ2n) is 16.7. The zero-order valence-corrected chi connectivity index (χ0v) is 41.7.